The lowest BCUT2D eigenvalue weighted by molar-refractivity contribution is -0.136. The van der Waals surface area contributed by atoms with Gasteiger partial charge in [0.05, 0.1) is 17.4 Å². The fourth-order valence-corrected chi connectivity index (χ4v) is 2.38. The van der Waals surface area contributed by atoms with Crippen LogP contribution in [-0.2, 0) is 14.8 Å². The van der Waals surface area contributed by atoms with Gasteiger partial charge in [0, 0.05) is 6.54 Å². The Morgan fingerprint density at radius 3 is 2.37 bits per heavy atom. The van der Waals surface area contributed by atoms with Crippen LogP contribution in [0.25, 0.3) is 0 Å². The van der Waals surface area contributed by atoms with E-state index in [4.69, 9.17) is 9.84 Å². The quantitative estimate of drug-likeness (QED) is 0.786. The first-order valence-electron chi connectivity index (χ1n) is 5.79. The number of benzene rings is 1. The molecule has 0 aliphatic carbocycles. The molecule has 0 spiro atoms. The molecule has 0 aromatic heterocycles. The highest BCUT2D eigenvalue weighted by Crippen LogP contribution is 2.16. The molecule has 0 unspecified atom stereocenters. The molecule has 0 bridgehead atoms. The van der Waals surface area contributed by atoms with E-state index in [-0.39, 0.29) is 24.0 Å². The van der Waals surface area contributed by atoms with Crippen molar-refractivity contribution in [3.8, 4) is 5.75 Å². The minimum absolute atomic E-state index is 0.0103. The molecule has 0 atom stereocenters. The van der Waals surface area contributed by atoms with E-state index in [1.54, 1.807) is 12.1 Å². The smallest absolute Gasteiger partial charge is 0.304 e. The summed E-state index contributed by atoms with van der Waals surface area (Å²) in [6.45, 7) is 3.61. The van der Waals surface area contributed by atoms with Crippen molar-refractivity contribution in [3.63, 3.8) is 0 Å². The van der Waals surface area contributed by atoms with Crippen molar-refractivity contribution in [1.29, 1.82) is 0 Å². The molecule has 106 valence electrons. The molecule has 0 saturated carbocycles. The third-order valence-electron chi connectivity index (χ3n) is 2.14. The van der Waals surface area contributed by atoms with Gasteiger partial charge in [0.1, 0.15) is 5.75 Å². The molecule has 0 saturated heterocycles. The Hall–Kier alpha value is -1.60. The highest BCUT2D eigenvalue weighted by atomic mass is 32.2. The van der Waals surface area contributed by atoms with Gasteiger partial charge < -0.3 is 9.84 Å². The number of hydrogen-bond acceptors (Lipinski definition) is 4. The number of carboxylic acid groups (broad SMARTS) is 1. The van der Waals surface area contributed by atoms with Crippen LogP contribution in [0.5, 0.6) is 5.75 Å². The fraction of sp³-hybridized carbons (Fsp3) is 0.417. The van der Waals surface area contributed by atoms with Gasteiger partial charge in [0.15, 0.2) is 0 Å². The summed E-state index contributed by atoms with van der Waals surface area (Å²) in [6, 6.07) is 5.96. The molecule has 0 aliphatic rings. The van der Waals surface area contributed by atoms with Crippen molar-refractivity contribution in [2.24, 2.45) is 0 Å². The number of rotatable bonds is 7. The Morgan fingerprint density at radius 2 is 1.89 bits per heavy atom. The summed E-state index contributed by atoms with van der Waals surface area (Å²) in [5.41, 5.74) is 0. The number of sulfonamides is 1. The van der Waals surface area contributed by atoms with Crippen molar-refractivity contribution >= 4 is 16.0 Å². The molecule has 1 aromatic rings. The van der Waals surface area contributed by atoms with Crippen LogP contribution in [0.4, 0.5) is 0 Å². The first kappa shape index (κ1) is 15.5. The maximum Gasteiger partial charge on any atom is 0.304 e. The number of hydrogen-bond donors (Lipinski definition) is 2. The van der Waals surface area contributed by atoms with Gasteiger partial charge >= 0.3 is 5.97 Å². The Morgan fingerprint density at radius 1 is 1.32 bits per heavy atom. The van der Waals surface area contributed by atoms with Crippen LogP contribution in [0.1, 0.15) is 20.3 Å². The third kappa shape index (κ3) is 5.27. The van der Waals surface area contributed by atoms with Gasteiger partial charge in [-0.1, -0.05) is 0 Å². The molecular weight excluding hydrogens is 270 g/mol. The summed E-state index contributed by atoms with van der Waals surface area (Å²) in [5.74, 6) is -0.470. The summed E-state index contributed by atoms with van der Waals surface area (Å²) in [7, 11) is -3.67. The van der Waals surface area contributed by atoms with E-state index in [1.165, 1.54) is 12.1 Å². The van der Waals surface area contributed by atoms with Crippen molar-refractivity contribution < 1.29 is 23.1 Å². The van der Waals surface area contributed by atoms with Gasteiger partial charge in [0.2, 0.25) is 10.0 Å². The first-order chi connectivity index (χ1) is 8.81. The van der Waals surface area contributed by atoms with Crippen LogP contribution in [-0.4, -0.2) is 32.1 Å². The van der Waals surface area contributed by atoms with Crippen molar-refractivity contribution in [2.45, 2.75) is 31.3 Å². The lowest BCUT2D eigenvalue weighted by Gasteiger charge is -2.10. The molecule has 0 heterocycles. The molecule has 6 nitrogen and oxygen atoms in total. The maximum absolute atomic E-state index is 11.8. The average Bonchev–Trinajstić information content (AvgIpc) is 2.28. The standard InChI is InChI=1S/C12H17NO5S/c1-9(2)18-10-3-5-11(6-4-10)19(16,17)13-8-7-12(14)15/h3-6,9,13H,7-8H2,1-2H3,(H,14,15). The average molecular weight is 287 g/mol. The van der Waals surface area contributed by atoms with Gasteiger partial charge in [-0.25, -0.2) is 13.1 Å². The number of ether oxygens (including phenoxy) is 1. The summed E-state index contributed by atoms with van der Waals surface area (Å²) >= 11 is 0. The van der Waals surface area contributed by atoms with E-state index in [1.807, 2.05) is 13.8 Å². The van der Waals surface area contributed by atoms with Gasteiger partial charge in [-0.3, -0.25) is 4.79 Å². The molecule has 0 amide bonds. The SMILES string of the molecule is CC(C)Oc1ccc(S(=O)(=O)NCCC(=O)O)cc1. The maximum atomic E-state index is 11.8. The van der Waals surface area contributed by atoms with Crippen LogP contribution in [0.2, 0.25) is 0 Å². The zero-order chi connectivity index (χ0) is 14.5. The molecule has 19 heavy (non-hydrogen) atoms. The van der Waals surface area contributed by atoms with Crippen molar-refractivity contribution in [3.05, 3.63) is 24.3 Å². The third-order valence-corrected chi connectivity index (χ3v) is 3.61. The normalized spacial score (nSPS) is 11.5. The number of nitrogens with one attached hydrogen (secondary N) is 1. The Kier molecular flexibility index (Phi) is 5.31. The fourth-order valence-electron chi connectivity index (χ4n) is 1.35. The molecule has 7 heteroatoms. The minimum Gasteiger partial charge on any atom is -0.491 e. The summed E-state index contributed by atoms with van der Waals surface area (Å²) in [6.07, 6.45) is -0.246. The predicted molar refractivity (Wildman–Crippen MR) is 69.6 cm³/mol. The summed E-state index contributed by atoms with van der Waals surface area (Å²) in [5, 5.41) is 8.45. The van der Waals surface area contributed by atoms with Crippen LogP contribution in [0.15, 0.2) is 29.2 Å². The van der Waals surface area contributed by atoms with Crippen molar-refractivity contribution in [2.75, 3.05) is 6.54 Å². The monoisotopic (exact) mass is 287 g/mol. The molecule has 1 aromatic carbocycles. The van der Waals surface area contributed by atoms with Crippen molar-refractivity contribution in [1.82, 2.24) is 4.72 Å². The predicted octanol–water partition coefficient (Wildman–Crippen LogP) is 1.23. The lowest BCUT2D eigenvalue weighted by atomic mass is 10.3. The molecule has 2 N–H and O–H groups in total. The largest absolute Gasteiger partial charge is 0.491 e. The highest BCUT2D eigenvalue weighted by molar-refractivity contribution is 7.89. The topological polar surface area (TPSA) is 92.7 Å². The minimum atomic E-state index is -3.67. The molecule has 1 rings (SSSR count). The summed E-state index contributed by atoms with van der Waals surface area (Å²) in [4.78, 5) is 10.4. The number of carbonyl (C=O) groups is 1. The summed E-state index contributed by atoms with van der Waals surface area (Å²) < 4.78 is 31.2. The second-order valence-electron chi connectivity index (χ2n) is 4.18. The zero-order valence-electron chi connectivity index (χ0n) is 10.8. The second-order valence-corrected chi connectivity index (χ2v) is 5.95. The van der Waals surface area contributed by atoms with Gasteiger partial charge in [-0.15, -0.1) is 0 Å². The van der Waals surface area contributed by atoms with Crippen LogP contribution in [0.3, 0.4) is 0 Å². The van der Waals surface area contributed by atoms with E-state index in [0.717, 1.165) is 0 Å². The van der Waals surface area contributed by atoms with Crippen LogP contribution >= 0.6 is 0 Å². The van der Waals surface area contributed by atoms with Gasteiger partial charge in [0.25, 0.3) is 0 Å². The first-order valence-corrected chi connectivity index (χ1v) is 7.28. The van der Waals surface area contributed by atoms with Crippen LogP contribution < -0.4 is 9.46 Å². The highest BCUT2D eigenvalue weighted by Gasteiger charge is 2.14. The lowest BCUT2D eigenvalue weighted by Crippen LogP contribution is -2.26. The Bertz CT molecular complexity index is 522. The van der Waals surface area contributed by atoms with E-state index < -0.39 is 16.0 Å². The van der Waals surface area contributed by atoms with E-state index in [0.29, 0.717) is 5.75 Å². The Balaban J connectivity index is 2.70. The number of aliphatic carboxylic acids is 1. The Labute approximate surface area is 112 Å². The van der Waals surface area contributed by atoms with Gasteiger partial charge in [-0.05, 0) is 38.1 Å². The van der Waals surface area contributed by atoms with E-state index in [9.17, 15) is 13.2 Å². The molecular formula is C12H17NO5S. The van der Waals surface area contributed by atoms with E-state index in [2.05, 4.69) is 4.72 Å². The molecule has 0 fully saturated rings. The van der Waals surface area contributed by atoms with Crippen LogP contribution in [0, 0.1) is 0 Å². The molecule has 0 aliphatic heterocycles. The number of carboxylic acids is 1. The van der Waals surface area contributed by atoms with E-state index >= 15 is 0 Å². The second kappa shape index (κ2) is 6.53. The molecule has 0 radical (unpaired) electrons. The van der Waals surface area contributed by atoms with Gasteiger partial charge in [-0.2, -0.15) is 0 Å². The zero-order valence-corrected chi connectivity index (χ0v) is 11.6.